The second-order valence-electron chi connectivity index (χ2n) is 8.79. The molecule has 2 aromatic heterocycles. The standard InChI is InChI=1S/C27H30N6O/c34-27(30-18-23-12-13-26(28-17-23)32-14-4-1-5-15-32)29-16-21-8-10-22(11-9-21)19-33-20-31-24-6-2-3-7-25(24)33/h2-3,6-13,17,20H,1,4-5,14-16,18-19H2,(H2,29,30,34). The Kier molecular flexibility index (Phi) is 6.70. The van der Waals surface area contributed by atoms with E-state index in [1.807, 2.05) is 42.9 Å². The summed E-state index contributed by atoms with van der Waals surface area (Å²) >= 11 is 0. The van der Waals surface area contributed by atoms with Crippen LogP contribution in [0.15, 0.2) is 73.2 Å². The summed E-state index contributed by atoms with van der Waals surface area (Å²) in [6.07, 6.45) is 7.50. The lowest BCUT2D eigenvalue weighted by Gasteiger charge is -2.27. The summed E-state index contributed by atoms with van der Waals surface area (Å²) in [5.41, 5.74) is 5.37. The number of aromatic nitrogens is 3. The van der Waals surface area contributed by atoms with Crippen molar-refractivity contribution in [2.75, 3.05) is 18.0 Å². The number of hydrogen-bond acceptors (Lipinski definition) is 4. The summed E-state index contributed by atoms with van der Waals surface area (Å²) in [6, 6.07) is 20.3. The van der Waals surface area contributed by atoms with E-state index in [0.717, 1.165) is 47.6 Å². The molecule has 0 saturated carbocycles. The number of hydrogen-bond donors (Lipinski definition) is 2. The molecule has 4 aromatic rings. The Hall–Kier alpha value is -3.87. The third kappa shape index (κ3) is 5.36. The lowest BCUT2D eigenvalue weighted by atomic mass is 10.1. The molecule has 0 atom stereocenters. The fourth-order valence-corrected chi connectivity index (χ4v) is 4.35. The van der Waals surface area contributed by atoms with Gasteiger partial charge in [-0.2, -0.15) is 0 Å². The van der Waals surface area contributed by atoms with Gasteiger partial charge in [0.15, 0.2) is 0 Å². The summed E-state index contributed by atoms with van der Waals surface area (Å²) < 4.78 is 2.14. The number of para-hydroxylation sites is 2. The molecule has 0 spiro atoms. The second-order valence-corrected chi connectivity index (χ2v) is 8.79. The number of pyridine rings is 1. The lowest BCUT2D eigenvalue weighted by Crippen LogP contribution is -2.34. The summed E-state index contributed by atoms with van der Waals surface area (Å²) in [4.78, 5) is 23.6. The molecule has 0 unspecified atom stereocenters. The van der Waals surface area contributed by atoms with Crippen LogP contribution >= 0.6 is 0 Å². The number of benzene rings is 2. The van der Waals surface area contributed by atoms with Crippen molar-refractivity contribution in [1.82, 2.24) is 25.2 Å². The zero-order valence-corrected chi connectivity index (χ0v) is 19.3. The monoisotopic (exact) mass is 454 g/mol. The molecular formula is C27H30N6O. The number of amides is 2. The zero-order chi connectivity index (χ0) is 23.2. The van der Waals surface area contributed by atoms with Crippen LogP contribution in [0.2, 0.25) is 0 Å². The largest absolute Gasteiger partial charge is 0.357 e. The van der Waals surface area contributed by atoms with Gasteiger partial charge in [0.1, 0.15) is 5.82 Å². The molecule has 7 heteroatoms. The van der Waals surface area contributed by atoms with Crippen LogP contribution in [0.1, 0.15) is 36.0 Å². The number of piperidine rings is 1. The lowest BCUT2D eigenvalue weighted by molar-refractivity contribution is 0.240. The molecule has 3 heterocycles. The molecule has 0 aliphatic carbocycles. The van der Waals surface area contributed by atoms with Crippen LogP contribution in [0, 0.1) is 0 Å². The Bertz CT molecular complexity index is 1230. The van der Waals surface area contributed by atoms with Crippen molar-refractivity contribution >= 4 is 22.9 Å². The van der Waals surface area contributed by atoms with Gasteiger partial charge in [0.2, 0.25) is 0 Å². The van der Waals surface area contributed by atoms with Gasteiger partial charge in [0.25, 0.3) is 0 Å². The highest BCUT2D eigenvalue weighted by Gasteiger charge is 2.12. The molecular weight excluding hydrogens is 424 g/mol. The predicted octanol–water partition coefficient (Wildman–Crippen LogP) is 4.47. The summed E-state index contributed by atoms with van der Waals surface area (Å²) in [7, 11) is 0. The number of carbonyl (C=O) groups excluding carboxylic acids is 1. The van der Waals surface area contributed by atoms with Crippen molar-refractivity contribution in [3.05, 3.63) is 89.9 Å². The fraction of sp³-hybridized carbons (Fsp3) is 0.296. The van der Waals surface area contributed by atoms with Gasteiger partial charge in [-0.15, -0.1) is 0 Å². The van der Waals surface area contributed by atoms with E-state index < -0.39 is 0 Å². The van der Waals surface area contributed by atoms with Gasteiger partial charge in [-0.05, 0) is 54.2 Å². The maximum atomic E-state index is 12.2. The quantitative estimate of drug-likeness (QED) is 0.432. The van der Waals surface area contributed by atoms with E-state index in [4.69, 9.17) is 0 Å². The van der Waals surface area contributed by atoms with Crippen LogP contribution in [0.4, 0.5) is 10.6 Å². The number of nitrogens with zero attached hydrogens (tertiary/aromatic N) is 4. The Morgan fingerprint density at radius 1 is 0.794 bits per heavy atom. The van der Waals surface area contributed by atoms with Crippen molar-refractivity contribution in [3.8, 4) is 0 Å². The Morgan fingerprint density at radius 3 is 2.26 bits per heavy atom. The third-order valence-corrected chi connectivity index (χ3v) is 6.30. The molecule has 34 heavy (non-hydrogen) atoms. The van der Waals surface area contributed by atoms with E-state index in [2.05, 4.69) is 60.4 Å². The van der Waals surface area contributed by atoms with Crippen LogP contribution < -0.4 is 15.5 Å². The van der Waals surface area contributed by atoms with Crippen molar-refractivity contribution < 1.29 is 4.79 Å². The van der Waals surface area contributed by atoms with E-state index in [1.165, 1.54) is 24.8 Å². The highest BCUT2D eigenvalue weighted by Crippen LogP contribution is 2.17. The number of nitrogens with one attached hydrogen (secondary N) is 2. The molecule has 1 aliphatic rings. The molecule has 1 saturated heterocycles. The Labute approximate surface area is 199 Å². The van der Waals surface area contributed by atoms with E-state index in [-0.39, 0.29) is 6.03 Å². The molecule has 2 N–H and O–H groups in total. The Balaban J connectivity index is 1.07. The summed E-state index contributed by atoms with van der Waals surface area (Å²) in [5, 5.41) is 5.84. The smallest absolute Gasteiger partial charge is 0.315 e. The van der Waals surface area contributed by atoms with Gasteiger partial charge in [-0.1, -0.05) is 42.5 Å². The molecule has 1 fully saturated rings. The first kappa shape index (κ1) is 21.9. The number of urea groups is 1. The minimum Gasteiger partial charge on any atom is -0.357 e. The van der Waals surface area contributed by atoms with Gasteiger partial charge in [-0.3, -0.25) is 0 Å². The molecule has 2 aromatic carbocycles. The number of carbonyl (C=O) groups is 1. The van der Waals surface area contributed by atoms with E-state index in [9.17, 15) is 4.79 Å². The van der Waals surface area contributed by atoms with Crippen LogP contribution in [-0.2, 0) is 19.6 Å². The maximum absolute atomic E-state index is 12.2. The molecule has 2 amide bonds. The van der Waals surface area contributed by atoms with Gasteiger partial charge in [-0.25, -0.2) is 14.8 Å². The first-order valence-electron chi connectivity index (χ1n) is 11.9. The minimum atomic E-state index is -0.186. The van der Waals surface area contributed by atoms with Gasteiger partial charge in [0.05, 0.1) is 17.4 Å². The van der Waals surface area contributed by atoms with E-state index in [1.54, 1.807) is 0 Å². The normalized spacial score (nSPS) is 13.7. The first-order valence-corrected chi connectivity index (χ1v) is 11.9. The predicted molar refractivity (Wildman–Crippen MR) is 135 cm³/mol. The zero-order valence-electron chi connectivity index (χ0n) is 19.3. The van der Waals surface area contributed by atoms with Gasteiger partial charge < -0.3 is 20.1 Å². The minimum absolute atomic E-state index is 0.186. The molecule has 1 aliphatic heterocycles. The van der Waals surface area contributed by atoms with E-state index in [0.29, 0.717) is 13.1 Å². The van der Waals surface area contributed by atoms with Crippen molar-refractivity contribution in [1.29, 1.82) is 0 Å². The summed E-state index contributed by atoms with van der Waals surface area (Å²) in [6.45, 7) is 3.85. The summed E-state index contributed by atoms with van der Waals surface area (Å²) in [5.74, 6) is 1.03. The highest BCUT2D eigenvalue weighted by molar-refractivity contribution is 5.75. The third-order valence-electron chi connectivity index (χ3n) is 6.30. The van der Waals surface area contributed by atoms with E-state index >= 15 is 0 Å². The maximum Gasteiger partial charge on any atom is 0.315 e. The molecule has 0 bridgehead atoms. The van der Waals surface area contributed by atoms with Crippen molar-refractivity contribution in [2.24, 2.45) is 0 Å². The highest BCUT2D eigenvalue weighted by atomic mass is 16.2. The topological polar surface area (TPSA) is 75.1 Å². The van der Waals surface area contributed by atoms with Crippen LogP contribution in [0.5, 0.6) is 0 Å². The molecule has 7 nitrogen and oxygen atoms in total. The number of imidazole rings is 1. The van der Waals surface area contributed by atoms with Crippen LogP contribution in [0.25, 0.3) is 11.0 Å². The second kappa shape index (κ2) is 10.4. The number of anilines is 1. The average Bonchev–Trinajstić information content (AvgIpc) is 3.30. The fourth-order valence-electron chi connectivity index (χ4n) is 4.35. The van der Waals surface area contributed by atoms with Crippen molar-refractivity contribution in [3.63, 3.8) is 0 Å². The van der Waals surface area contributed by atoms with Crippen molar-refractivity contribution in [2.45, 2.75) is 38.9 Å². The number of rotatable bonds is 7. The Morgan fingerprint density at radius 2 is 1.50 bits per heavy atom. The average molecular weight is 455 g/mol. The molecule has 174 valence electrons. The number of fused-ring (bicyclic) bond motifs is 1. The van der Waals surface area contributed by atoms with Crippen LogP contribution in [0.3, 0.4) is 0 Å². The first-order chi connectivity index (χ1) is 16.7. The molecule has 5 rings (SSSR count). The van der Waals surface area contributed by atoms with Gasteiger partial charge in [0, 0.05) is 38.9 Å². The van der Waals surface area contributed by atoms with Crippen LogP contribution in [-0.4, -0.2) is 33.7 Å². The van der Waals surface area contributed by atoms with Gasteiger partial charge >= 0.3 is 6.03 Å². The SMILES string of the molecule is O=C(NCc1ccc(Cn2cnc3ccccc32)cc1)NCc1ccc(N2CCCCC2)nc1. The molecule has 0 radical (unpaired) electrons.